The van der Waals surface area contributed by atoms with E-state index in [1.165, 1.54) is 16.8 Å². The van der Waals surface area contributed by atoms with Gasteiger partial charge in [-0.3, -0.25) is 14.3 Å². The Balaban J connectivity index is 2.23. The average molecular weight is 240 g/mol. The first-order valence-electron chi connectivity index (χ1n) is 5.69. The van der Waals surface area contributed by atoms with E-state index < -0.39 is 11.2 Å². The molecule has 0 aromatic carbocycles. The van der Waals surface area contributed by atoms with E-state index in [2.05, 4.69) is 4.98 Å². The van der Waals surface area contributed by atoms with E-state index in [4.69, 9.17) is 9.84 Å². The van der Waals surface area contributed by atoms with Crippen LogP contribution in [0, 0.1) is 5.92 Å². The molecule has 0 amide bonds. The molecule has 2 unspecified atom stereocenters. The minimum Gasteiger partial charge on any atom is -0.396 e. The predicted molar refractivity (Wildman–Crippen MR) is 60.7 cm³/mol. The highest BCUT2D eigenvalue weighted by atomic mass is 16.5. The van der Waals surface area contributed by atoms with Gasteiger partial charge in [0.05, 0.1) is 6.10 Å². The van der Waals surface area contributed by atoms with Crippen LogP contribution in [0.5, 0.6) is 0 Å². The van der Waals surface area contributed by atoms with Crippen LogP contribution in [-0.2, 0) is 4.74 Å². The van der Waals surface area contributed by atoms with Gasteiger partial charge in [0, 0.05) is 24.8 Å². The van der Waals surface area contributed by atoms with E-state index in [0.29, 0.717) is 6.42 Å². The third kappa shape index (κ3) is 2.48. The number of hydrogen-bond donors (Lipinski definition) is 2. The van der Waals surface area contributed by atoms with Crippen LogP contribution in [0.15, 0.2) is 21.9 Å². The largest absolute Gasteiger partial charge is 0.396 e. The summed E-state index contributed by atoms with van der Waals surface area (Å²) in [5, 5.41) is 8.86. The molecule has 94 valence electrons. The van der Waals surface area contributed by atoms with Gasteiger partial charge in [-0.1, -0.05) is 6.92 Å². The molecule has 0 bridgehead atoms. The van der Waals surface area contributed by atoms with Crippen molar-refractivity contribution < 1.29 is 9.84 Å². The zero-order chi connectivity index (χ0) is 12.4. The van der Waals surface area contributed by atoms with Crippen molar-refractivity contribution in [3.8, 4) is 0 Å². The average Bonchev–Trinajstić information content (AvgIpc) is 2.60. The highest BCUT2D eigenvalue weighted by molar-refractivity contribution is 4.87. The summed E-state index contributed by atoms with van der Waals surface area (Å²) in [5.74, 6) is 0.176. The Morgan fingerprint density at radius 2 is 2.35 bits per heavy atom. The molecule has 2 rings (SSSR count). The number of aliphatic hydroxyl groups is 1. The maximum absolute atomic E-state index is 11.6. The first kappa shape index (κ1) is 12.1. The standard InChI is InChI=1S/C11H16N2O4/c1-7-6-8(3-5-14)17-10(7)13-4-2-9(15)12-11(13)16/h2,4,7-8,10,14H,3,5-6H2,1H3,(H,12,15,16)/t7?,8-,10?/m1/s1. The molecule has 1 aromatic rings. The van der Waals surface area contributed by atoms with Gasteiger partial charge in [-0.15, -0.1) is 0 Å². The van der Waals surface area contributed by atoms with E-state index in [9.17, 15) is 9.59 Å². The Morgan fingerprint density at radius 1 is 1.59 bits per heavy atom. The van der Waals surface area contributed by atoms with Crippen LogP contribution >= 0.6 is 0 Å². The number of H-pyrrole nitrogens is 1. The normalized spacial score (nSPS) is 28.5. The van der Waals surface area contributed by atoms with Crippen molar-refractivity contribution in [2.75, 3.05) is 6.61 Å². The molecule has 3 atom stereocenters. The van der Waals surface area contributed by atoms with Crippen LogP contribution in [0.4, 0.5) is 0 Å². The molecule has 6 nitrogen and oxygen atoms in total. The first-order valence-corrected chi connectivity index (χ1v) is 5.69. The molecule has 0 saturated carbocycles. The lowest BCUT2D eigenvalue weighted by Crippen LogP contribution is -2.33. The van der Waals surface area contributed by atoms with Crippen LogP contribution in [0.3, 0.4) is 0 Å². The molecular weight excluding hydrogens is 224 g/mol. The van der Waals surface area contributed by atoms with E-state index in [1.54, 1.807) is 0 Å². The van der Waals surface area contributed by atoms with Crippen LogP contribution in [0.2, 0.25) is 0 Å². The quantitative estimate of drug-likeness (QED) is 0.769. The first-order chi connectivity index (χ1) is 8.11. The fourth-order valence-electron chi connectivity index (χ4n) is 2.22. The van der Waals surface area contributed by atoms with Crippen molar-refractivity contribution in [2.45, 2.75) is 32.1 Å². The minimum atomic E-state index is -0.459. The summed E-state index contributed by atoms with van der Waals surface area (Å²) >= 11 is 0. The number of aromatic nitrogens is 2. The molecule has 6 heteroatoms. The molecule has 2 N–H and O–H groups in total. The second-order valence-corrected chi connectivity index (χ2v) is 4.39. The molecule has 17 heavy (non-hydrogen) atoms. The lowest BCUT2D eigenvalue weighted by Gasteiger charge is -2.17. The van der Waals surface area contributed by atoms with Crippen molar-refractivity contribution in [1.82, 2.24) is 9.55 Å². The predicted octanol–water partition coefficient (Wildman–Crippen LogP) is -0.157. The number of nitrogens with one attached hydrogen (secondary N) is 1. The number of ether oxygens (including phenoxy) is 1. The third-order valence-electron chi connectivity index (χ3n) is 3.03. The van der Waals surface area contributed by atoms with E-state index >= 15 is 0 Å². The minimum absolute atomic E-state index is 0.0289. The fourth-order valence-corrected chi connectivity index (χ4v) is 2.22. The van der Waals surface area contributed by atoms with Crippen LogP contribution in [-0.4, -0.2) is 27.4 Å². The highest BCUT2D eigenvalue weighted by Crippen LogP contribution is 2.34. The van der Waals surface area contributed by atoms with Gasteiger partial charge in [-0.25, -0.2) is 4.79 Å². The number of hydrogen-bond acceptors (Lipinski definition) is 4. The third-order valence-corrected chi connectivity index (χ3v) is 3.03. The number of aliphatic hydroxyl groups excluding tert-OH is 1. The second kappa shape index (κ2) is 4.85. The lowest BCUT2D eigenvalue weighted by atomic mass is 10.0. The maximum atomic E-state index is 11.6. The van der Waals surface area contributed by atoms with Crippen molar-refractivity contribution in [3.63, 3.8) is 0 Å². The summed E-state index contributed by atoms with van der Waals surface area (Å²) in [4.78, 5) is 24.8. The van der Waals surface area contributed by atoms with E-state index in [0.717, 1.165) is 6.42 Å². The van der Waals surface area contributed by atoms with Crippen LogP contribution in [0.1, 0.15) is 26.0 Å². The molecule has 1 aliphatic heterocycles. The van der Waals surface area contributed by atoms with Crippen molar-refractivity contribution in [3.05, 3.63) is 33.1 Å². The molecule has 0 radical (unpaired) electrons. The Hall–Kier alpha value is -1.40. The Morgan fingerprint density at radius 3 is 3.00 bits per heavy atom. The summed E-state index contributed by atoms with van der Waals surface area (Å²) < 4.78 is 7.09. The zero-order valence-electron chi connectivity index (χ0n) is 9.63. The van der Waals surface area contributed by atoms with Gasteiger partial charge in [0.25, 0.3) is 5.56 Å². The van der Waals surface area contributed by atoms with Gasteiger partial charge in [0.2, 0.25) is 0 Å². The highest BCUT2D eigenvalue weighted by Gasteiger charge is 2.33. The summed E-state index contributed by atoms with van der Waals surface area (Å²) in [6.07, 6.45) is 2.43. The smallest absolute Gasteiger partial charge is 0.330 e. The van der Waals surface area contributed by atoms with E-state index in [1.807, 2.05) is 6.92 Å². The molecule has 1 aliphatic rings. The second-order valence-electron chi connectivity index (χ2n) is 4.39. The van der Waals surface area contributed by atoms with Crippen LogP contribution in [0.25, 0.3) is 0 Å². The van der Waals surface area contributed by atoms with Crippen molar-refractivity contribution >= 4 is 0 Å². The van der Waals surface area contributed by atoms with Crippen molar-refractivity contribution in [2.24, 2.45) is 5.92 Å². The van der Waals surface area contributed by atoms with Gasteiger partial charge in [-0.05, 0) is 12.8 Å². The fraction of sp³-hybridized carbons (Fsp3) is 0.636. The topological polar surface area (TPSA) is 84.3 Å². The van der Waals surface area contributed by atoms with Gasteiger partial charge in [-0.2, -0.15) is 0 Å². The SMILES string of the molecule is CC1C[C@@H](CCO)OC1n1ccc(=O)[nH]c1=O. The molecule has 0 spiro atoms. The van der Waals surface area contributed by atoms with Crippen LogP contribution < -0.4 is 11.2 Å². The maximum Gasteiger partial charge on any atom is 0.330 e. The summed E-state index contributed by atoms with van der Waals surface area (Å²) in [7, 11) is 0. The molecular formula is C11H16N2O4. The Labute approximate surface area is 97.9 Å². The van der Waals surface area contributed by atoms with Gasteiger partial charge >= 0.3 is 5.69 Å². The van der Waals surface area contributed by atoms with Gasteiger partial charge in [0.15, 0.2) is 0 Å². The number of nitrogens with zero attached hydrogens (tertiary/aromatic N) is 1. The molecule has 1 saturated heterocycles. The van der Waals surface area contributed by atoms with Gasteiger partial charge < -0.3 is 9.84 Å². The number of aromatic amines is 1. The summed E-state index contributed by atoms with van der Waals surface area (Å²) in [6, 6.07) is 1.30. The Bertz CT molecular complexity index is 493. The zero-order valence-corrected chi connectivity index (χ0v) is 9.63. The molecule has 0 aliphatic carbocycles. The molecule has 1 fully saturated rings. The lowest BCUT2D eigenvalue weighted by molar-refractivity contribution is -0.0211. The monoisotopic (exact) mass is 240 g/mol. The molecule has 1 aromatic heterocycles. The number of rotatable bonds is 3. The summed E-state index contributed by atoms with van der Waals surface area (Å²) in [6.45, 7) is 2.06. The Kier molecular flexibility index (Phi) is 3.44. The summed E-state index contributed by atoms with van der Waals surface area (Å²) in [5.41, 5.74) is -0.872. The molecule has 2 heterocycles. The van der Waals surface area contributed by atoms with E-state index in [-0.39, 0.29) is 24.9 Å². The van der Waals surface area contributed by atoms with Crippen molar-refractivity contribution in [1.29, 1.82) is 0 Å². The van der Waals surface area contributed by atoms with Gasteiger partial charge in [0.1, 0.15) is 6.23 Å².